The van der Waals surface area contributed by atoms with Gasteiger partial charge in [-0.1, -0.05) is 19.1 Å². The van der Waals surface area contributed by atoms with Crippen molar-refractivity contribution in [1.82, 2.24) is 5.32 Å². The third-order valence-corrected chi connectivity index (χ3v) is 4.33. The molecule has 7 heteroatoms. The van der Waals surface area contributed by atoms with E-state index >= 15 is 0 Å². The molecule has 0 unspecified atom stereocenters. The Hall–Kier alpha value is -1.08. The van der Waals surface area contributed by atoms with E-state index in [0.29, 0.717) is 16.6 Å². The molecule has 0 saturated heterocycles. The number of carbonyl (C=O) groups excluding carboxylic acids is 1. The van der Waals surface area contributed by atoms with Crippen molar-refractivity contribution in [2.45, 2.75) is 13.3 Å². The molecule has 1 N–H and O–H groups in total. The van der Waals surface area contributed by atoms with E-state index in [1.54, 1.807) is 25.1 Å². The van der Waals surface area contributed by atoms with Crippen molar-refractivity contribution in [2.24, 2.45) is 0 Å². The average Bonchev–Trinajstić information content (AvgIpc) is 2.34. The van der Waals surface area contributed by atoms with Crippen molar-refractivity contribution < 1.29 is 13.2 Å². The van der Waals surface area contributed by atoms with Gasteiger partial charge in [-0.2, -0.15) is 0 Å². The molecule has 0 aliphatic carbocycles. The highest BCUT2D eigenvalue weighted by Gasteiger charge is 2.19. The summed E-state index contributed by atoms with van der Waals surface area (Å²) in [6.45, 7) is 2.23. The zero-order valence-corrected chi connectivity index (χ0v) is 13.3. The van der Waals surface area contributed by atoms with Gasteiger partial charge in [-0.25, -0.2) is 8.42 Å². The van der Waals surface area contributed by atoms with Gasteiger partial charge in [0, 0.05) is 17.4 Å². The van der Waals surface area contributed by atoms with Crippen molar-refractivity contribution in [3.63, 3.8) is 0 Å². The van der Waals surface area contributed by atoms with Crippen LogP contribution in [0.5, 0.6) is 0 Å². The second-order valence-corrected chi connectivity index (χ2v) is 6.75. The fraction of sp³-hybridized carbons (Fsp3) is 0.417. The van der Waals surface area contributed by atoms with Crippen molar-refractivity contribution in [3.8, 4) is 0 Å². The summed E-state index contributed by atoms with van der Waals surface area (Å²) in [6.07, 6.45) is 1.53. The molecule has 1 rings (SSSR count). The first-order valence-corrected chi connectivity index (χ1v) is 8.49. The van der Waals surface area contributed by atoms with Crippen molar-refractivity contribution >= 4 is 37.5 Å². The highest BCUT2D eigenvalue weighted by Crippen LogP contribution is 2.27. The van der Waals surface area contributed by atoms with E-state index in [1.807, 2.05) is 6.07 Å². The van der Waals surface area contributed by atoms with Crippen LogP contribution in [-0.4, -0.2) is 33.7 Å². The van der Waals surface area contributed by atoms with Crippen LogP contribution in [0.25, 0.3) is 0 Å². The van der Waals surface area contributed by atoms with Crippen molar-refractivity contribution in [2.75, 3.05) is 23.7 Å². The first-order valence-electron chi connectivity index (χ1n) is 5.85. The Morgan fingerprint density at radius 3 is 2.53 bits per heavy atom. The molecule has 0 aliphatic rings. The molecule has 0 fully saturated rings. The van der Waals surface area contributed by atoms with Crippen LogP contribution in [0.2, 0.25) is 0 Å². The first kappa shape index (κ1) is 16.0. The Labute approximate surface area is 122 Å². The number of halogens is 1. The smallest absolute Gasteiger partial charge is 0.232 e. The summed E-state index contributed by atoms with van der Waals surface area (Å²) in [5.41, 5.74) is 0.566. The Morgan fingerprint density at radius 2 is 2.00 bits per heavy atom. The van der Waals surface area contributed by atoms with Gasteiger partial charge in [-0.3, -0.25) is 9.10 Å². The SMILES string of the molecule is CCC(=O)NCCN(c1ccccc1Br)S(C)(=O)=O. The van der Waals surface area contributed by atoms with Gasteiger partial charge in [0.25, 0.3) is 0 Å². The van der Waals surface area contributed by atoms with Gasteiger partial charge in [-0.05, 0) is 28.1 Å². The van der Waals surface area contributed by atoms with Crippen LogP contribution >= 0.6 is 15.9 Å². The van der Waals surface area contributed by atoms with E-state index in [0.717, 1.165) is 6.26 Å². The molecule has 1 amide bonds. The van der Waals surface area contributed by atoms with Gasteiger partial charge in [0.1, 0.15) is 0 Å². The minimum Gasteiger partial charge on any atom is -0.354 e. The molecule has 0 spiro atoms. The molecule has 0 bridgehead atoms. The number of amides is 1. The van der Waals surface area contributed by atoms with Crippen LogP contribution < -0.4 is 9.62 Å². The fourth-order valence-corrected chi connectivity index (χ4v) is 3.10. The standard InChI is InChI=1S/C12H17BrN2O3S/c1-3-12(16)14-8-9-15(19(2,17)18)11-7-5-4-6-10(11)13/h4-7H,3,8-9H2,1-2H3,(H,14,16). The first-order chi connectivity index (χ1) is 8.86. The lowest BCUT2D eigenvalue weighted by atomic mass is 10.3. The number of sulfonamides is 1. The van der Waals surface area contributed by atoms with E-state index < -0.39 is 10.0 Å². The average molecular weight is 349 g/mol. The summed E-state index contributed by atoms with van der Waals surface area (Å²) < 4.78 is 25.6. The monoisotopic (exact) mass is 348 g/mol. The summed E-state index contributed by atoms with van der Waals surface area (Å²) in [7, 11) is -3.39. The van der Waals surface area contributed by atoms with Crippen LogP contribution in [0, 0.1) is 0 Å². The van der Waals surface area contributed by atoms with Gasteiger partial charge in [0.15, 0.2) is 0 Å². The summed E-state index contributed by atoms with van der Waals surface area (Å²) in [5, 5.41) is 2.66. The van der Waals surface area contributed by atoms with Crippen LogP contribution in [0.15, 0.2) is 28.7 Å². The maximum atomic E-state index is 11.8. The third kappa shape index (κ3) is 4.83. The number of hydrogen-bond acceptors (Lipinski definition) is 3. The summed E-state index contributed by atoms with van der Waals surface area (Å²) in [6, 6.07) is 7.07. The molecule has 0 aromatic heterocycles. The lowest BCUT2D eigenvalue weighted by molar-refractivity contribution is -0.120. The molecule has 19 heavy (non-hydrogen) atoms. The van der Waals surface area contributed by atoms with E-state index in [4.69, 9.17) is 0 Å². The third-order valence-electron chi connectivity index (χ3n) is 2.48. The molecule has 5 nitrogen and oxygen atoms in total. The van der Waals surface area contributed by atoms with Gasteiger partial charge in [0.2, 0.25) is 15.9 Å². The van der Waals surface area contributed by atoms with Gasteiger partial charge in [-0.15, -0.1) is 0 Å². The maximum Gasteiger partial charge on any atom is 0.232 e. The van der Waals surface area contributed by atoms with Crippen LogP contribution in [0.3, 0.4) is 0 Å². The minimum atomic E-state index is -3.39. The maximum absolute atomic E-state index is 11.8. The van der Waals surface area contributed by atoms with E-state index in [1.165, 1.54) is 4.31 Å². The predicted octanol–water partition coefficient (Wildman–Crippen LogP) is 1.74. The van der Waals surface area contributed by atoms with Gasteiger partial charge >= 0.3 is 0 Å². The minimum absolute atomic E-state index is 0.0967. The molecule has 0 heterocycles. The van der Waals surface area contributed by atoms with Gasteiger partial charge in [0.05, 0.1) is 18.5 Å². The lowest BCUT2D eigenvalue weighted by Gasteiger charge is -2.23. The summed E-state index contributed by atoms with van der Waals surface area (Å²) in [4.78, 5) is 11.2. The normalized spacial score (nSPS) is 11.1. The predicted molar refractivity (Wildman–Crippen MR) is 79.6 cm³/mol. The highest BCUT2D eigenvalue weighted by molar-refractivity contribution is 9.10. The van der Waals surface area contributed by atoms with E-state index in [9.17, 15) is 13.2 Å². The fourth-order valence-electron chi connectivity index (χ4n) is 1.54. The zero-order valence-electron chi connectivity index (χ0n) is 10.9. The topological polar surface area (TPSA) is 66.5 Å². The quantitative estimate of drug-likeness (QED) is 0.851. The van der Waals surface area contributed by atoms with Crippen LogP contribution in [-0.2, 0) is 14.8 Å². The van der Waals surface area contributed by atoms with E-state index in [2.05, 4.69) is 21.2 Å². The molecular weight excluding hydrogens is 332 g/mol. The number of carbonyl (C=O) groups is 1. The molecule has 0 atom stereocenters. The van der Waals surface area contributed by atoms with E-state index in [-0.39, 0.29) is 19.0 Å². The largest absolute Gasteiger partial charge is 0.354 e. The van der Waals surface area contributed by atoms with Crippen LogP contribution in [0.1, 0.15) is 13.3 Å². The van der Waals surface area contributed by atoms with Crippen molar-refractivity contribution in [1.29, 1.82) is 0 Å². The molecule has 0 aliphatic heterocycles. The molecule has 1 aromatic carbocycles. The second-order valence-electron chi connectivity index (χ2n) is 3.99. The zero-order chi connectivity index (χ0) is 14.5. The van der Waals surface area contributed by atoms with Gasteiger partial charge < -0.3 is 5.32 Å². The number of anilines is 1. The Balaban J connectivity index is 2.86. The number of para-hydroxylation sites is 1. The molecule has 1 aromatic rings. The number of hydrogen-bond donors (Lipinski definition) is 1. The molecule has 0 saturated carbocycles. The lowest BCUT2D eigenvalue weighted by Crippen LogP contribution is -2.38. The Kier molecular flexibility index (Phi) is 5.81. The number of nitrogens with one attached hydrogen (secondary N) is 1. The number of rotatable bonds is 6. The number of benzene rings is 1. The Morgan fingerprint density at radius 1 is 1.37 bits per heavy atom. The Bertz CT molecular complexity index is 546. The molecule has 0 radical (unpaired) electrons. The summed E-state index contributed by atoms with van der Waals surface area (Å²) >= 11 is 3.33. The molecule has 106 valence electrons. The van der Waals surface area contributed by atoms with Crippen molar-refractivity contribution in [3.05, 3.63) is 28.7 Å². The molecular formula is C12H17BrN2O3S. The summed E-state index contributed by atoms with van der Waals surface area (Å²) in [5.74, 6) is -0.0967. The number of nitrogens with zero attached hydrogens (tertiary/aromatic N) is 1. The highest BCUT2D eigenvalue weighted by atomic mass is 79.9. The second kappa shape index (κ2) is 6.91. The van der Waals surface area contributed by atoms with Crippen LogP contribution in [0.4, 0.5) is 5.69 Å².